The van der Waals surface area contributed by atoms with Gasteiger partial charge in [0.05, 0.1) is 6.61 Å². The van der Waals surface area contributed by atoms with Crippen LogP contribution in [0.15, 0.2) is 0 Å². The fourth-order valence-corrected chi connectivity index (χ4v) is 0.510. The summed E-state index contributed by atoms with van der Waals surface area (Å²) in [4.78, 5) is 10.7. The van der Waals surface area contributed by atoms with Gasteiger partial charge in [-0.05, 0) is 6.42 Å². The lowest BCUT2D eigenvalue weighted by Crippen LogP contribution is -2.33. The molecule has 5 heteroatoms. The van der Waals surface area contributed by atoms with E-state index in [9.17, 15) is 4.79 Å². The second-order valence-corrected chi connectivity index (χ2v) is 2.01. The minimum absolute atomic E-state index is 0.0437. The molecule has 0 aliphatic rings. The largest absolute Gasteiger partial charge is 0.462 e. The molecule has 0 saturated heterocycles. The first-order chi connectivity index (χ1) is 5.22. The van der Waals surface area contributed by atoms with Gasteiger partial charge in [-0.15, -0.1) is 0 Å². The van der Waals surface area contributed by atoms with Crippen LogP contribution in [0.2, 0.25) is 0 Å². The summed E-state index contributed by atoms with van der Waals surface area (Å²) in [7, 11) is 0. The average Bonchev–Trinajstić information content (AvgIpc) is 2.00. The third kappa shape index (κ3) is 4.72. The van der Waals surface area contributed by atoms with Gasteiger partial charge in [-0.3, -0.25) is 4.79 Å². The van der Waals surface area contributed by atoms with Crippen molar-refractivity contribution in [1.29, 1.82) is 0 Å². The highest BCUT2D eigenvalue weighted by Crippen LogP contribution is 1.90. The van der Waals surface area contributed by atoms with E-state index in [4.69, 9.17) is 15.9 Å². The van der Waals surface area contributed by atoms with Gasteiger partial charge in [-0.1, -0.05) is 0 Å². The Morgan fingerprint density at radius 2 is 2.09 bits per heavy atom. The fourth-order valence-electron chi connectivity index (χ4n) is 0.510. The number of carbonyl (C=O) groups excluding carboxylic acids is 1. The van der Waals surface area contributed by atoms with E-state index in [0.717, 1.165) is 0 Å². The number of nitrogens with two attached hydrogens (primary N) is 1. The summed E-state index contributed by atoms with van der Waals surface area (Å²) in [6.45, 7) is -0.398. The van der Waals surface area contributed by atoms with Gasteiger partial charge < -0.3 is 20.7 Å². The smallest absolute Gasteiger partial charge is 0.323 e. The first kappa shape index (κ1) is 10.3. The number of aliphatic hydroxyl groups is 2. The zero-order valence-corrected chi connectivity index (χ0v) is 6.19. The minimum Gasteiger partial charge on any atom is -0.462 e. The van der Waals surface area contributed by atoms with Crippen LogP contribution in [0.25, 0.3) is 0 Å². The highest BCUT2D eigenvalue weighted by Gasteiger charge is 2.13. The summed E-state index contributed by atoms with van der Waals surface area (Å²) < 4.78 is 4.48. The first-order valence-electron chi connectivity index (χ1n) is 3.36. The van der Waals surface area contributed by atoms with Gasteiger partial charge >= 0.3 is 5.97 Å². The van der Waals surface area contributed by atoms with Crippen molar-refractivity contribution in [2.24, 2.45) is 5.73 Å². The molecule has 0 fully saturated rings. The van der Waals surface area contributed by atoms with E-state index in [0.29, 0.717) is 0 Å². The Morgan fingerprint density at radius 1 is 1.45 bits per heavy atom. The van der Waals surface area contributed by atoms with Gasteiger partial charge in [0, 0.05) is 6.61 Å². The van der Waals surface area contributed by atoms with Crippen LogP contribution >= 0.6 is 0 Å². The molecule has 0 radical (unpaired) electrons. The molecule has 66 valence electrons. The molecule has 11 heavy (non-hydrogen) atoms. The van der Waals surface area contributed by atoms with Crippen molar-refractivity contribution in [2.45, 2.75) is 12.5 Å². The molecule has 5 nitrogen and oxygen atoms in total. The molecule has 4 N–H and O–H groups in total. The molecule has 0 heterocycles. The van der Waals surface area contributed by atoms with Gasteiger partial charge in [-0.25, -0.2) is 0 Å². The van der Waals surface area contributed by atoms with Crippen molar-refractivity contribution in [3.05, 3.63) is 0 Å². The summed E-state index contributed by atoms with van der Waals surface area (Å²) in [6.07, 6.45) is 0.185. The maximum absolute atomic E-state index is 10.7. The molecule has 0 amide bonds. The molecule has 0 aliphatic heterocycles. The third-order valence-corrected chi connectivity index (χ3v) is 1.08. The number of ether oxygens (including phenoxy) is 1. The van der Waals surface area contributed by atoms with Gasteiger partial charge in [0.1, 0.15) is 12.6 Å². The van der Waals surface area contributed by atoms with Crippen molar-refractivity contribution in [2.75, 3.05) is 19.8 Å². The third-order valence-electron chi connectivity index (χ3n) is 1.08. The molecule has 0 aromatic heterocycles. The second-order valence-electron chi connectivity index (χ2n) is 2.01. The normalized spacial score (nSPS) is 12.6. The van der Waals surface area contributed by atoms with Gasteiger partial charge in [0.15, 0.2) is 0 Å². The van der Waals surface area contributed by atoms with Crippen LogP contribution in [0.1, 0.15) is 6.42 Å². The molecule has 0 aromatic rings. The van der Waals surface area contributed by atoms with Gasteiger partial charge in [-0.2, -0.15) is 0 Å². The quantitative estimate of drug-likeness (QED) is 0.417. The molecular weight excluding hydrogens is 150 g/mol. The summed E-state index contributed by atoms with van der Waals surface area (Å²) in [5, 5.41) is 16.6. The number of esters is 1. The summed E-state index contributed by atoms with van der Waals surface area (Å²) >= 11 is 0. The van der Waals surface area contributed by atoms with Gasteiger partial charge in [0.25, 0.3) is 0 Å². The van der Waals surface area contributed by atoms with Crippen LogP contribution in [0.5, 0.6) is 0 Å². The number of aliphatic hydroxyl groups excluding tert-OH is 2. The molecule has 0 rings (SSSR count). The van der Waals surface area contributed by atoms with Crippen LogP contribution in [-0.2, 0) is 9.53 Å². The molecular formula is C6H13NO4. The fraction of sp³-hybridized carbons (Fsp3) is 0.833. The Balaban J connectivity index is 3.47. The van der Waals surface area contributed by atoms with Crippen LogP contribution in [0.3, 0.4) is 0 Å². The van der Waals surface area contributed by atoms with E-state index in [-0.39, 0.29) is 26.2 Å². The SMILES string of the molecule is N[C@@H](CCO)C(=O)OCCO. The molecule has 1 atom stereocenters. The average molecular weight is 163 g/mol. The van der Waals surface area contributed by atoms with Crippen LogP contribution in [0.4, 0.5) is 0 Å². The van der Waals surface area contributed by atoms with Crippen molar-refractivity contribution in [3.63, 3.8) is 0 Å². The van der Waals surface area contributed by atoms with Crippen LogP contribution in [0, 0.1) is 0 Å². The van der Waals surface area contributed by atoms with Crippen molar-refractivity contribution >= 4 is 5.97 Å². The minimum atomic E-state index is -0.786. The lowest BCUT2D eigenvalue weighted by atomic mass is 10.2. The predicted octanol–water partition coefficient (Wildman–Crippen LogP) is -1.77. The molecule has 0 aromatic carbocycles. The van der Waals surface area contributed by atoms with Gasteiger partial charge in [0.2, 0.25) is 0 Å². The standard InChI is InChI=1S/C6H13NO4/c7-5(1-2-8)6(10)11-4-3-9/h5,8-9H,1-4,7H2/t5-/m0/s1. The second kappa shape index (κ2) is 6.09. The Bertz CT molecular complexity index is 117. The highest BCUT2D eigenvalue weighted by atomic mass is 16.5. The van der Waals surface area contributed by atoms with E-state index in [2.05, 4.69) is 4.74 Å². The Morgan fingerprint density at radius 3 is 2.55 bits per heavy atom. The summed E-state index contributed by atoms with van der Waals surface area (Å²) in [6, 6.07) is -0.786. The van der Waals surface area contributed by atoms with Crippen molar-refractivity contribution < 1.29 is 19.7 Å². The van der Waals surface area contributed by atoms with E-state index in [1.54, 1.807) is 0 Å². The molecule has 0 unspecified atom stereocenters. The predicted molar refractivity (Wildman–Crippen MR) is 37.7 cm³/mol. The lowest BCUT2D eigenvalue weighted by Gasteiger charge is -2.08. The van der Waals surface area contributed by atoms with Crippen LogP contribution < -0.4 is 5.73 Å². The number of hydrogen-bond donors (Lipinski definition) is 3. The Kier molecular flexibility index (Phi) is 5.73. The molecule has 0 bridgehead atoms. The molecule has 0 saturated carbocycles. The van der Waals surface area contributed by atoms with Crippen molar-refractivity contribution in [3.8, 4) is 0 Å². The zero-order chi connectivity index (χ0) is 8.69. The number of carbonyl (C=O) groups is 1. The van der Waals surface area contributed by atoms with E-state index in [1.807, 2.05) is 0 Å². The number of hydrogen-bond acceptors (Lipinski definition) is 5. The monoisotopic (exact) mass is 163 g/mol. The summed E-state index contributed by atoms with van der Waals surface area (Å²) in [5.41, 5.74) is 5.25. The van der Waals surface area contributed by atoms with E-state index in [1.165, 1.54) is 0 Å². The Hall–Kier alpha value is -0.650. The molecule has 0 spiro atoms. The van der Waals surface area contributed by atoms with Crippen LogP contribution in [-0.4, -0.2) is 42.0 Å². The Labute approximate surface area is 64.8 Å². The maximum atomic E-state index is 10.7. The topological polar surface area (TPSA) is 92.8 Å². The molecule has 0 aliphatic carbocycles. The summed E-state index contributed by atoms with van der Waals surface area (Å²) in [5.74, 6) is -0.590. The highest BCUT2D eigenvalue weighted by molar-refractivity contribution is 5.75. The zero-order valence-electron chi connectivity index (χ0n) is 6.19. The van der Waals surface area contributed by atoms with Crippen molar-refractivity contribution in [1.82, 2.24) is 0 Å². The maximum Gasteiger partial charge on any atom is 0.323 e. The van der Waals surface area contributed by atoms with E-state index >= 15 is 0 Å². The number of rotatable bonds is 5. The van der Waals surface area contributed by atoms with E-state index < -0.39 is 12.0 Å². The first-order valence-corrected chi connectivity index (χ1v) is 3.36. The lowest BCUT2D eigenvalue weighted by molar-refractivity contribution is -0.146.